The Balaban J connectivity index is 2.95. The molecular weight excluding hydrogens is 210 g/mol. The van der Waals surface area contributed by atoms with E-state index >= 15 is 0 Å². The zero-order chi connectivity index (χ0) is 12.8. The molecule has 0 heterocycles. The Morgan fingerprint density at radius 1 is 1.18 bits per heavy atom. The molecule has 0 aromatic heterocycles. The van der Waals surface area contributed by atoms with Crippen LogP contribution in [0, 0.1) is 13.8 Å². The van der Waals surface area contributed by atoms with Crippen molar-refractivity contribution in [1.29, 1.82) is 0 Å². The van der Waals surface area contributed by atoms with Crippen molar-refractivity contribution in [3.05, 3.63) is 60.2 Å². The van der Waals surface area contributed by atoms with Crippen molar-refractivity contribution in [3.8, 4) is 0 Å². The third kappa shape index (κ3) is 3.31. The van der Waals surface area contributed by atoms with Crippen LogP contribution in [0.3, 0.4) is 0 Å². The van der Waals surface area contributed by atoms with Crippen LogP contribution in [0.25, 0.3) is 0 Å². The van der Waals surface area contributed by atoms with Gasteiger partial charge in [-0.05, 0) is 37.1 Å². The summed E-state index contributed by atoms with van der Waals surface area (Å²) in [4.78, 5) is 13.9. The molecule has 0 fully saturated rings. The average molecular weight is 229 g/mol. The molecule has 0 radical (unpaired) electrons. The number of hydrogen-bond donors (Lipinski definition) is 0. The van der Waals surface area contributed by atoms with Crippen molar-refractivity contribution in [2.75, 3.05) is 13.1 Å². The van der Waals surface area contributed by atoms with E-state index in [1.54, 1.807) is 17.1 Å². The summed E-state index contributed by atoms with van der Waals surface area (Å²) in [5, 5.41) is 0. The maximum atomic E-state index is 12.2. The monoisotopic (exact) mass is 229 g/mol. The van der Waals surface area contributed by atoms with E-state index in [9.17, 15) is 4.79 Å². The molecule has 1 rings (SSSR count). The third-order valence-corrected chi connectivity index (χ3v) is 2.74. The topological polar surface area (TPSA) is 20.3 Å². The second kappa shape index (κ2) is 6.04. The maximum Gasteiger partial charge on any atom is 0.254 e. The van der Waals surface area contributed by atoms with Gasteiger partial charge < -0.3 is 4.90 Å². The standard InChI is InChI=1S/C15H19NO/c1-5-9-16(10-6-2)15(17)14-8-7-12(3)13(4)11-14/h5-8,11H,1-2,9-10H2,3-4H3. The van der Waals surface area contributed by atoms with Crippen molar-refractivity contribution in [3.63, 3.8) is 0 Å². The highest BCUT2D eigenvalue weighted by molar-refractivity contribution is 5.94. The van der Waals surface area contributed by atoms with Crippen LogP contribution in [0.5, 0.6) is 0 Å². The molecule has 0 atom stereocenters. The van der Waals surface area contributed by atoms with Crippen LogP contribution in [0.2, 0.25) is 0 Å². The fourth-order valence-electron chi connectivity index (χ4n) is 1.61. The summed E-state index contributed by atoms with van der Waals surface area (Å²) in [6.07, 6.45) is 3.45. The lowest BCUT2D eigenvalue weighted by Crippen LogP contribution is -2.31. The molecule has 0 N–H and O–H groups in total. The van der Waals surface area contributed by atoms with Gasteiger partial charge in [-0.25, -0.2) is 0 Å². The van der Waals surface area contributed by atoms with E-state index < -0.39 is 0 Å². The van der Waals surface area contributed by atoms with Gasteiger partial charge in [-0.1, -0.05) is 18.2 Å². The first-order valence-electron chi connectivity index (χ1n) is 5.68. The minimum Gasteiger partial charge on any atom is -0.331 e. The number of carbonyl (C=O) groups excluding carboxylic acids is 1. The van der Waals surface area contributed by atoms with Crippen LogP contribution in [-0.2, 0) is 0 Å². The van der Waals surface area contributed by atoms with Crippen LogP contribution >= 0.6 is 0 Å². The van der Waals surface area contributed by atoms with E-state index in [1.807, 2.05) is 32.0 Å². The molecule has 0 aliphatic rings. The molecule has 0 aliphatic heterocycles. The third-order valence-electron chi connectivity index (χ3n) is 2.74. The second-order valence-corrected chi connectivity index (χ2v) is 4.09. The van der Waals surface area contributed by atoms with Crippen LogP contribution < -0.4 is 0 Å². The van der Waals surface area contributed by atoms with Gasteiger partial charge in [0.15, 0.2) is 0 Å². The zero-order valence-electron chi connectivity index (χ0n) is 10.6. The van der Waals surface area contributed by atoms with Crippen molar-refractivity contribution in [1.82, 2.24) is 4.90 Å². The molecule has 90 valence electrons. The Hall–Kier alpha value is -1.83. The minimum absolute atomic E-state index is 0.0212. The molecule has 0 saturated carbocycles. The Bertz CT molecular complexity index is 425. The summed E-state index contributed by atoms with van der Waals surface area (Å²) in [5.74, 6) is 0.0212. The largest absolute Gasteiger partial charge is 0.331 e. The van der Waals surface area contributed by atoms with Crippen molar-refractivity contribution < 1.29 is 4.79 Å². The summed E-state index contributed by atoms with van der Waals surface area (Å²) in [6, 6.07) is 5.77. The lowest BCUT2D eigenvalue weighted by molar-refractivity contribution is 0.0791. The summed E-state index contributed by atoms with van der Waals surface area (Å²) in [7, 11) is 0. The van der Waals surface area contributed by atoms with Crippen LogP contribution in [0.15, 0.2) is 43.5 Å². The van der Waals surface area contributed by atoms with Crippen molar-refractivity contribution >= 4 is 5.91 Å². The minimum atomic E-state index is 0.0212. The molecule has 1 aromatic carbocycles. The molecule has 0 saturated heterocycles. The van der Waals surface area contributed by atoms with Crippen molar-refractivity contribution in [2.45, 2.75) is 13.8 Å². The summed E-state index contributed by atoms with van der Waals surface area (Å²) in [5.41, 5.74) is 3.05. The smallest absolute Gasteiger partial charge is 0.254 e. The van der Waals surface area contributed by atoms with Crippen LogP contribution in [0.1, 0.15) is 21.5 Å². The normalized spacial score (nSPS) is 9.76. The summed E-state index contributed by atoms with van der Waals surface area (Å²) < 4.78 is 0. The molecule has 0 bridgehead atoms. The van der Waals surface area contributed by atoms with Gasteiger partial charge in [-0.15, -0.1) is 13.2 Å². The maximum absolute atomic E-state index is 12.2. The van der Waals surface area contributed by atoms with Gasteiger partial charge in [0.2, 0.25) is 0 Å². The highest BCUT2D eigenvalue weighted by Gasteiger charge is 2.13. The highest BCUT2D eigenvalue weighted by Crippen LogP contribution is 2.12. The Morgan fingerprint density at radius 2 is 1.76 bits per heavy atom. The van der Waals surface area contributed by atoms with Gasteiger partial charge >= 0.3 is 0 Å². The first-order valence-corrected chi connectivity index (χ1v) is 5.68. The van der Waals surface area contributed by atoms with Gasteiger partial charge in [0.05, 0.1) is 0 Å². The van der Waals surface area contributed by atoms with Gasteiger partial charge in [-0.3, -0.25) is 4.79 Å². The Kier molecular flexibility index (Phi) is 4.70. The van der Waals surface area contributed by atoms with Gasteiger partial charge in [-0.2, -0.15) is 0 Å². The lowest BCUT2D eigenvalue weighted by atomic mass is 10.1. The number of hydrogen-bond acceptors (Lipinski definition) is 1. The fourth-order valence-corrected chi connectivity index (χ4v) is 1.61. The molecular formula is C15H19NO. The SMILES string of the molecule is C=CCN(CC=C)C(=O)c1ccc(C)c(C)c1. The van der Waals surface area contributed by atoms with Crippen molar-refractivity contribution in [2.24, 2.45) is 0 Å². The average Bonchev–Trinajstić information content (AvgIpc) is 2.31. The second-order valence-electron chi connectivity index (χ2n) is 4.09. The molecule has 0 unspecified atom stereocenters. The van der Waals surface area contributed by atoms with E-state index in [1.165, 1.54) is 5.56 Å². The summed E-state index contributed by atoms with van der Waals surface area (Å²) in [6.45, 7) is 12.5. The molecule has 1 amide bonds. The fraction of sp³-hybridized carbons (Fsp3) is 0.267. The van der Waals surface area contributed by atoms with E-state index in [0.29, 0.717) is 13.1 Å². The number of aryl methyl sites for hydroxylation is 2. The molecule has 17 heavy (non-hydrogen) atoms. The predicted octanol–water partition coefficient (Wildman–Crippen LogP) is 3.12. The van der Waals surface area contributed by atoms with Crippen LogP contribution in [0.4, 0.5) is 0 Å². The number of benzene rings is 1. The number of carbonyl (C=O) groups is 1. The van der Waals surface area contributed by atoms with E-state index in [4.69, 9.17) is 0 Å². The Morgan fingerprint density at radius 3 is 2.24 bits per heavy atom. The van der Waals surface area contributed by atoms with E-state index in [-0.39, 0.29) is 5.91 Å². The lowest BCUT2D eigenvalue weighted by Gasteiger charge is -2.19. The number of amides is 1. The first-order chi connectivity index (χ1) is 8.10. The first kappa shape index (κ1) is 13.2. The van der Waals surface area contributed by atoms with Gasteiger partial charge in [0.1, 0.15) is 0 Å². The Labute approximate surface area is 103 Å². The summed E-state index contributed by atoms with van der Waals surface area (Å²) >= 11 is 0. The van der Waals surface area contributed by atoms with Crippen LogP contribution in [-0.4, -0.2) is 23.9 Å². The molecule has 2 nitrogen and oxygen atoms in total. The van der Waals surface area contributed by atoms with E-state index in [0.717, 1.165) is 11.1 Å². The molecule has 1 aromatic rings. The number of rotatable bonds is 5. The quantitative estimate of drug-likeness (QED) is 0.710. The molecule has 0 spiro atoms. The molecule has 2 heteroatoms. The molecule has 0 aliphatic carbocycles. The number of nitrogens with zero attached hydrogens (tertiary/aromatic N) is 1. The van der Waals surface area contributed by atoms with Gasteiger partial charge in [0.25, 0.3) is 5.91 Å². The van der Waals surface area contributed by atoms with Gasteiger partial charge in [0, 0.05) is 18.7 Å². The highest BCUT2D eigenvalue weighted by atomic mass is 16.2. The van der Waals surface area contributed by atoms with E-state index in [2.05, 4.69) is 13.2 Å². The zero-order valence-corrected chi connectivity index (χ0v) is 10.6. The predicted molar refractivity (Wildman–Crippen MR) is 72.2 cm³/mol.